The highest BCUT2D eigenvalue weighted by Crippen LogP contribution is 2.41. The molecule has 12 atom stereocenters. The highest BCUT2D eigenvalue weighted by atomic mass is 16.8. The van der Waals surface area contributed by atoms with Gasteiger partial charge in [-0.2, -0.15) is 0 Å². The molecule has 5 aliphatic rings. The summed E-state index contributed by atoms with van der Waals surface area (Å²) in [5.41, 5.74) is 0. The van der Waals surface area contributed by atoms with Crippen molar-refractivity contribution < 1.29 is 52.5 Å². The molecule has 0 aromatic carbocycles. The zero-order valence-corrected chi connectivity index (χ0v) is 27.1. The van der Waals surface area contributed by atoms with Gasteiger partial charge in [0.1, 0.15) is 36.6 Å². The van der Waals surface area contributed by atoms with Crippen molar-refractivity contribution in [3.63, 3.8) is 0 Å². The Bertz CT molecular complexity index is 943. The highest BCUT2D eigenvalue weighted by Gasteiger charge is 2.58. The SMILES string of the molecule is CCCCCC1CCC/C=C/CCCCC(=O)OC2C(O)C(OC3COC(C)OC32)OC2C(O1)OC(C)C1OC(C)(C)OC12. The van der Waals surface area contributed by atoms with Crippen molar-refractivity contribution in [2.75, 3.05) is 6.61 Å². The number of rotatable bonds is 4. The molecule has 12 unspecified atom stereocenters. The number of hydrogen-bond donors (Lipinski definition) is 1. The summed E-state index contributed by atoms with van der Waals surface area (Å²) in [6.45, 7) is 9.85. The summed E-state index contributed by atoms with van der Waals surface area (Å²) in [7, 11) is 0. The van der Waals surface area contributed by atoms with Crippen LogP contribution in [-0.2, 0) is 47.4 Å². The van der Waals surface area contributed by atoms with Gasteiger partial charge in [0.25, 0.3) is 0 Å². The van der Waals surface area contributed by atoms with Gasteiger partial charge in [-0.3, -0.25) is 4.79 Å². The van der Waals surface area contributed by atoms with Crippen LogP contribution in [0.2, 0.25) is 0 Å². The molecule has 4 fully saturated rings. The summed E-state index contributed by atoms with van der Waals surface area (Å²) < 4.78 is 56.3. The molecular weight excluding hydrogens is 572 g/mol. The van der Waals surface area contributed by atoms with Crippen molar-refractivity contribution in [1.29, 1.82) is 0 Å². The van der Waals surface area contributed by atoms with E-state index in [9.17, 15) is 9.90 Å². The molecule has 5 rings (SSSR count). The zero-order chi connectivity index (χ0) is 31.3. The smallest absolute Gasteiger partial charge is 0.306 e. The molecule has 1 N–H and O–H groups in total. The lowest BCUT2D eigenvalue weighted by Gasteiger charge is -2.49. The summed E-state index contributed by atoms with van der Waals surface area (Å²) >= 11 is 0. The van der Waals surface area contributed by atoms with E-state index in [1.807, 2.05) is 20.8 Å². The highest BCUT2D eigenvalue weighted by molar-refractivity contribution is 5.69. The Morgan fingerprint density at radius 3 is 2.41 bits per heavy atom. The van der Waals surface area contributed by atoms with Crippen LogP contribution in [0.25, 0.3) is 0 Å². The van der Waals surface area contributed by atoms with Gasteiger partial charge in [-0.15, -0.1) is 0 Å². The van der Waals surface area contributed by atoms with Crippen molar-refractivity contribution in [2.45, 2.75) is 185 Å². The van der Waals surface area contributed by atoms with Crippen LogP contribution in [0, 0.1) is 0 Å². The molecule has 11 heteroatoms. The van der Waals surface area contributed by atoms with Gasteiger partial charge in [-0.1, -0.05) is 38.3 Å². The van der Waals surface area contributed by atoms with Crippen molar-refractivity contribution in [2.24, 2.45) is 0 Å². The molecule has 4 saturated heterocycles. The standard InChI is InChI=1S/C33H54O11/c1-6-7-13-16-22-17-14-11-9-8-10-12-15-18-24(34)41-28-25(35)31(40-23-19-36-21(3)38-27(23)28)42-30-29-26(43-33(4,5)44-29)20(2)37-32(30)39-22/h8-9,20-23,25-32,35H,6-7,10-19H2,1-5H3/b9-8+. The van der Waals surface area contributed by atoms with Crippen LogP contribution in [0.1, 0.15) is 105 Å². The van der Waals surface area contributed by atoms with Gasteiger partial charge in [0.15, 0.2) is 30.8 Å². The lowest BCUT2D eigenvalue weighted by atomic mass is 9.96. The summed E-state index contributed by atoms with van der Waals surface area (Å²) in [5.74, 6) is -1.25. The minimum absolute atomic E-state index is 0.0378. The van der Waals surface area contributed by atoms with Crippen LogP contribution in [0.3, 0.4) is 0 Å². The van der Waals surface area contributed by atoms with E-state index in [-0.39, 0.29) is 25.2 Å². The molecular formula is C33H54O11. The second kappa shape index (κ2) is 15.6. The lowest BCUT2D eigenvalue weighted by Crippen LogP contribution is -2.66. The van der Waals surface area contributed by atoms with E-state index >= 15 is 0 Å². The number of aliphatic hydroxyl groups excluding tert-OH is 1. The van der Waals surface area contributed by atoms with Crippen LogP contribution in [0.5, 0.6) is 0 Å². The number of fused-ring (bicyclic) bond motifs is 7. The Balaban J connectivity index is 1.43. The Kier molecular flexibility index (Phi) is 12.1. The molecule has 5 aliphatic heterocycles. The summed E-state index contributed by atoms with van der Waals surface area (Å²) in [5, 5.41) is 11.6. The maximum absolute atomic E-state index is 13.0. The summed E-state index contributed by atoms with van der Waals surface area (Å²) in [6, 6.07) is 0. The van der Waals surface area contributed by atoms with Gasteiger partial charge >= 0.3 is 5.97 Å². The van der Waals surface area contributed by atoms with E-state index in [1.165, 1.54) is 0 Å². The molecule has 0 saturated carbocycles. The van der Waals surface area contributed by atoms with Gasteiger partial charge < -0.3 is 47.7 Å². The van der Waals surface area contributed by atoms with E-state index in [4.69, 9.17) is 42.6 Å². The number of carbonyl (C=O) groups is 1. The number of allylic oxidation sites excluding steroid dienone is 2. The van der Waals surface area contributed by atoms with E-state index in [0.717, 1.165) is 57.8 Å². The van der Waals surface area contributed by atoms with Crippen molar-refractivity contribution >= 4 is 5.97 Å². The molecule has 0 amide bonds. The molecule has 0 radical (unpaired) electrons. The predicted octanol–water partition coefficient (Wildman–Crippen LogP) is 4.66. The van der Waals surface area contributed by atoms with Gasteiger partial charge in [-0.05, 0) is 72.6 Å². The predicted molar refractivity (Wildman–Crippen MR) is 158 cm³/mol. The van der Waals surface area contributed by atoms with Crippen molar-refractivity contribution in [3.8, 4) is 0 Å². The molecule has 0 aromatic heterocycles. The fraction of sp³-hybridized carbons (Fsp3) is 0.909. The maximum Gasteiger partial charge on any atom is 0.306 e. The number of unbranched alkanes of at least 4 members (excludes halogenated alkanes) is 2. The van der Waals surface area contributed by atoms with Gasteiger partial charge in [0, 0.05) is 6.42 Å². The van der Waals surface area contributed by atoms with E-state index in [0.29, 0.717) is 6.42 Å². The van der Waals surface area contributed by atoms with E-state index < -0.39 is 73.4 Å². The first-order valence-electron chi connectivity index (χ1n) is 16.9. The average molecular weight is 627 g/mol. The Hall–Kier alpha value is -1.15. The van der Waals surface area contributed by atoms with Crippen LogP contribution >= 0.6 is 0 Å². The third-order valence-electron chi connectivity index (χ3n) is 9.11. The number of esters is 1. The first-order chi connectivity index (χ1) is 21.1. The molecule has 44 heavy (non-hydrogen) atoms. The second-order valence-corrected chi connectivity index (χ2v) is 13.3. The topological polar surface area (TPSA) is 120 Å². The van der Waals surface area contributed by atoms with Crippen molar-refractivity contribution in [3.05, 3.63) is 12.2 Å². The second-order valence-electron chi connectivity index (χ2n) is 13.3. The first kappa shape index (κ1) is 34.2. The molecule has 0 aliphatic carbocycles. The lowest BCUT2D eigenvalue weighted by molar-refractivity contribution is -0.385. The van der Waals surface area contributed by atoms with Gasteiger partial charge in [0.05, 0.1) is 18.8 Å². The Morgan fingerprint density at radius 2 is 1.61 bits per heavy atom. The third-order valence-corrected chi connectivity index (χ3v) is 9.11. The van der Waals surface area contributed by atoms with Crippen LogP contribution in [0.4, 0.5) is 0 Å². The third kappa shape index (κ3) is 8.60. The number of hydrogen-bond acceptors (Lipinski definition) is 11. The minimum Gasteiger partial charge on any atom is -0.456 e. The molecule has 252 valence electrons. The normalized spacial score (nSPS) is 44.5. The fourth-order valence-corrected chi connectivity index (χ4v) is 6.83. The van der Waals surface area contributed by atoms with E-state index in [2.05, 4.69) is 19.1 Å². The Labute approximate surface area is 262 Å². The molecule has 0 aromatic rings. The van der Waals surface area contributed by atoms with Gasteiger partial charge in [-0.25, -0.2) is 0 Å². The van der Waals surface area contributed by atoms with Crippen LogP contribution in [0.15, 0.2) is 12.2 Å². The fourth-order valence-electron chi connectivity index (χ4n) is 6.83. The first-order valence-corrected chi connectivity index (χ1v) is 16.9. The quantitative estimate of drug-likeness (QED) is 0.267. The number of ether oxygens (including phenoxy) is 9. The monoisotopic (exact) mass is 626 g/mol. The number of carbonyl (C=O) groups excluding carboxylic acids is 1. The largest absolute Gasteiger partial charge is 0.456 e. The molecule has 0 spiro atoms. The van der Waals surface area contributed by atoms with Gasteiger partial charge in [0.2, 0.25) is 0 Å². The molecule has 11 nitrogen and oxygen atoms in total. The summed E-state index contributed by atoms with van der Waals surface area (Å²) in [6.07, 6.45) is 5.94. The molecule has 2 bridgehead atoms. The van der Waals surface area contributed by atoms with Crippen LogP contribution < -0.4 is 0 Å². The van der Waals surface area contributed by atoms with Crippen molar-refractivity contribution in [1.82, 2.24) is 0 Å². The summed E-state index contributed by atoms with van der Waals surface area (Å²) in [4.78, 5) is 13.0. The van der Waals surface area contributed by atoms with Crippen LogP contribution in [-0.4, -0.2) is 97.3 Å². The Morgan fingerprint density at radius 1 is 0.841 bits per heavy atom. The average Bonchev–Trinajstić information content (AvgIpc) is 3.31. The van der Waals surface area contributed by atoms with E-state index in [1.54, 1.807) is 6.92 Å². The maximum atomic E-state index is 13.0. The molecule has 5 heterocycles. The number of aliphatic hydroxyl groups is 1. The minimum atomic E-state index is -1.33. The zero-order valence-electron chi connectivity index (χ0n) is 27.1.